The van der Waals surface area contributed by atoms with E-state index in [9.17, 15) is 4.79 Å². The molecule has 0 aliphatic heterocycles. The predicted octanol–water partition coefficient (Wildman–Crippen LogP) is 5.57. The topological polar surface area (TPSA) is 17.1 Å². The second kappa shape index (κ2) is 4.58. The number of rotatable bonds is 0. The van der Waals surface area contributed by atoms with Crippen LogP contribution in [0.25, 0.3) is 0 Å². The fourth-order valence-corrected chi connectivity index (χ4v) is 2.46. The average Bonchev–Trinajstić information content (AvgIpc) is 2.16. The smallest absolute Gasteiger partial charge is 0.185 e. The second-order valence-corrected chi connectivity index (χ2v) is 9.48. The summed E-state index contributed by atoms with van der Waals surface area (Å²) in [4.78, 5) is 12.9. The minimum absolute atomic E-state index is 0.0840. The molecule has 0 aromatic carbocycles. The van der Waals surface area contributed by atoms with E-state index < -0.39 is 0 Å². The van der Waals surface area contributed by atoms with Crippen molar-refractivity contribution >= 4 is 5.78 Å². The monoisotopic (exact) mass is 276 g/mol. The minimum atomic E-state index is -0.117. The van der Waals surface area contributed by atoms with Crippen molar-refractivity contribution in [3.05, 3.63) is 23.3 Å². The minimum Gasteiger partial charge on any atom is -0.289 e. The Morgan fingerprint density at radius 2 is 1.05 bits per heavy atom. The first-order valence-electron chi connectivity index (χ1n) is 7.61. The summed E-state index contributed by atoms with van der Waals surface area (Å²) in [6, 6.07) is 0. The highest BCUT2D eigenvalue weighted by molar-refractivity contribution is 6.10. The van der Waals surface area contributed by atoms with Gasteiger partial charge < -0.3 is 0 Å². The Kier molecular flexibility index (Phi) is 3.94. The molecule has 0 heterocycles. The third-order valence-corrected chi connectivity index (χ3v) is 4.61. The van der Waals surface area contributed by atoms with E-state index in [1.54, 1.807) is 0 Å². The standard InChI is InChI=1S/C19H32O/c1-16(2,3)13-11-19(10,18(7,8)9)12-14(15(13)20)17(4,5)6/h11-12H,1-10H3. The predicted molar refractivity (Wildman–Crippen MR) is 87.6 cm³/mol. The SMILES string of the molecule is CC(C)(C)C1=CC(C)(C(C)(C)C)C=C(C(C)(C)C)C1=O. The Morgan fingerprint density at radius 1 is 0.750 bits per heavy atom. The fraction of sp³-hybridized carbons (Fsp3) is 0.737. The van der Waals surface area contributed by atoms with Gasteiger partial charge in [-0.25, -0.2) is 0 Å². The highest BCUT2D eigenvalue weighted by atomic mass is 16.1. The highest BCUT2D eigenvalue weighted by Gasteiger charge is 2.43. The summed E-state index contributed by atoms with van der Waals surface area (Å²) >= 11 is 0. The molecule has 1 aliphatic carbocycles. The molecule has 0 spiro atoms. The van der Waals surface area contributed by atoms with Crippen molar-refractivity contribution in [1.29, 1.82) is 0 Å². The Morgan fingerprint density at radius 3 is 1.25 bits per heavy atom. The van der Waals surface area contributed by atoms with Gasteiger partial charge in [-0.3, -0.25) is 4.79 Å². The van der Waals surface area contributed by atoms with Crippen LogP contribution < -0.4 is 0 Å². The van der Waals surface area contributed by atoms with Gasteiger partial charge in [-0.05, 0) is 16.2 Å². The van der Waals surface area contributed by atoms with Crippen LogP contribution in [-0.4, -0.2) is 5.78 Å². The Bertz CT molecular complexity index is 433. The molecule has 1 nitrogen and oxygen atoms in total. The van der Waals surface area contributed by atoms with Crippen LogP contribution >= 0.6 is 0 Å². The average molecular weight is 276 g/mol. The van der Waals surface area contributed by atoms with Gasteiger partial charge in [0.2, 0.25) is 0 Å². The van der Waals surface area contributed by atoms with Crippen LogP contribution in [0, 0.1) is 21.7 Å². The summed E-state index contributed by atoms with van der Waals surface area (Å²) < 4.78 is 0. The summed E-state index contributed by atoms with van der Waals surface area (Å²) in [5, 5.41) is 0. The Balaban J connectivity index is 3.58. The van der Waals surface area contributed by atoms with E-state index in [1.807, 2.05) is 0 Å². The number of carbonyl (C=O) groups excluding carboxylic acids is 1. The summed E-state index contributed by atoms with van der Waals surface area (Å²) in [6.45, 7) is 21.8. The first-order valence-corrected chi connectivity index (χ1v) is 7.61. The van der Waals surface area contributed by atoms with E-state index in [0.29, 0.717) is 0 Å². The molecule has 0 saturated carbocycles. The molecule has 0 aromatic heterocycles. The fourth-order valence-electron chi connectivity index (χ4n) is 2.46. The van der Waals surface area contributed by atoms with Crippen molar-refractivity contribution in [1.82, 2.24) is 0 Å². The summed E-state index contributed by atoms with van der Waals surface area (Å²) in [6.07, 6.45) is 4.43. The van der Waals surface area contributed by atoms with E-state index in [4.69, 9.17) is 0 Å². The van der Waals surface area contributed by atoms with E-state index >= 15 is 0 Å². The van der Waals surface area contributed by atoms with Gasteiger partial charge in [-0.15, -0.1) is 0 Å². The van der Waals surface area contributed by atoms with Crippen LogP contribution in [0.1, 0.15) is 69.2 Å². The number of carbonyl (C=O) groups is 1. The van der Waals surface area contributed by atoms with Gasteiger partial charge >= 0.3 is 0 Å². The summed E-state index contributed by atoms with van der Waals surface area (Å²) in [5.41, 5.74) is 1.68. The number of hydrogen-bond acceptors (Lipinski definition) is 1. The van der Waals surface area contributed by atoms with Gasteiger partial charge in [0.05, 0.1) is 0 Å². The quantitative estimate of drug-likeness (QED) is 0.565. The zero-order chi connectivity index (χ0) is 16.1. The molecule has 0 amide bonds. The molecule has 0 unspecified atom stereocenters. The van der Waals surface area contributed by atoms with Crippen LogP contribution in [0.5, 0.6) is 0 Å². The molecular formula is C19H32O. The van der Waals surface area contributed by atoms with E-state index in [-0.39, 0.29) is 27.4 Å². The number of Topliss-reactive ketones (excluding diaryl/α,β-unsaturated/α-hetero) is 1. The maximum absolute atomic E-state index is 12.9. The van der Waals surface area contributed by atoms with Crippen LogP contribution in [-0.2, 0) is 4.79 Å². The lowest BCUT2D eigenvalue weighted by Gasteiger charge is -2.44. The van der Waals surface area contributed by atoms with Crippen molar-refractivity contribution in [2.45, 2.75) is 69.2 Å². The van der Waals surface area contributed by atoms with Crippen molar-refractivity contribution in [2.75, 3.05) is 0 Å². The van der Waals surface area contributed by atoms with Crippen LogP contribution in [0.4, 0.5) is 0 Å². The molecule has 20 heavy (non-hydrogen) atoms. The third kappa shape index (κ3) is 3.07. The lowest BCUT2D eigenvalue weighted by atomic mass is 9.59. The maximum atomic E-state index is 12.9. The lowest BCUT2D eigenvalue weighted by molar-refractivity contribution is -0.114. The van der Waals surface area contributed by atoms with Gasteiger partial charge in [0.1, 0.15) is 0 Å². The molecule has 0 saturated heterocycles. The van der Waals surface area contributed by atoms with E-state index in [2.05, 4.69) is 81.4 Å². The normalized spacial score (nSPS) is 20.6. The molecular weight excluding hydrogens is 244 g/mol. The largest absolute Gasteiger partial charge is 0.289 e. The first kappa shape index (κ1) is 17.2. The Labute approximate surface area is 125 Å². The van der Waals surface area contributed by atoms with Gasteiger partial charge in [0, 0.05) is 16.6 Å². The molecule has 0 fully saturated rings. The Hall–Kier alpha value is -0.850. The van der Waals surface area contributed by atoms with Gasteiger partial charge in [0.15, 0.2) is 5.78 Å². The highest BCUT2D eigenvalue weighted by Crippen LogP contribution is 2.50. The molecule has 1 aliphatic rings. The van der Waals surface area contributed by atoms with Crippen molar-refractivity contribution in [2.24, 2.45) is 21.7 Å². The van der Waals surface area contributed by atoms with Gasteiger partial charge in [-0.2, -0.15) is 0 Å². The molecule has 0 aromatic rings. The molecule has 0 bridgehead atoms. The molecule has 1 heteroatoms. The van der Waals surface area contributed by atoms with Gasteiger partial charge in [0.25, 0.3) is 0 Å². The zero-order valence-corrected chi connectivity index (χ0v) is 15.1. The van der Waals surface area contributed by atoms with E-state index in [0.717, 1.165) is 11.1 Å². The lowest BCUT2D eigenvalue weighted by Crippen LogP contribution is -2.38. The second-order valence-electron chi connectivity index (χ2n) is 9.48. The molecule has 0 atom stereocenters. The number of ketones is 1. The molecule has 114 valence electrons. The number of hydrogen-bond donors (Lipinski definition) is 0. The molecule has 0 radical (unpaired) electrons. The molecule has 1 rings (SSSR count). The van der Waals surface area contributed by atoms with Crippen LogP contribution in [0.2, 0.25) is 0 Å². The van der Waals surface area contributed by atoms with E-state index in [1.165, 1.54) is 0 Å². The summed E-state index contributed by atoms with van der Waals surface area (Å²) in [5.74, 6) is 0.228. The van der Waals surface area contributed by atoms with Crippen molar-refractivity contribution in [3.63, 3.8) is 0 Å². The summed E-state index contributed by atoms with van der Waals surface area (Å²) in [7, 11) is 0. The zero-order valence-electron chi connectivity index (χ0n) is 15.1. The number of allylic oxidation sites excluding steroid dienone is 4. The van der Waals surface area contributed by atoms with Crippen LogP contribution in [0.3, 0.4) is 0 Å². The van der Waals surface area contributed by atoms with Crippen molar-refractivity contribution < 1.29 is 4.79 Å². The maximum Gasteiger partial charge on any atom is 0.185 e. The first-order chi connectivity index (χ1) is 8.59. The van der Waals surface area contributed by atoms with Gasteiger partial charge in [-0.1, -0.05) is 81.4 Å². The van der Waals surface area contributed by atoms with Crippen molar-refractivity contribution in [3.8, 4) is 0 Å². The van der Waals surface area contributed by atoms with Crippen LogP contribution in [0.15, 0.2) is 23.3 Å². The third-order valence-electron chi connectivity index (χ3n) is 4.61. The molecule has 0 N–H and O–H groups in total.